The van der Waals surface area contributed by atoms with Gasteiger partial charge in [0.15, 0.2) is 11.5 Å². The molecule has 0 aliphatic heterocycles. The van der Waals surface area contributed by atoms with E-state index in [-0.39, 0.29) is 27.8 Å². The number of rotatable bonds is 2. The zero-order chi connectivity index (χ0) is 14.9. The van der Waals surface area contributed by atoms with E-state index in [1.807, 2.05) is 0 Å². The van der Waals surface area contributed by atoms with Crippen molar-refractivity contribution in [1.29, 1.82) is 0 Å². The summed E-state index contributed by atoms with van der Waals surface area (Å²) in [6, 6.07) is 2.67. The van der Waals surface area contributed by atoms with Gasteiger partial charge in [-0.15, -0.1) is 0 Å². The first kappa shape index (κ1) is 14.2. The Hall–Kier alpha value is -2.21. The number of pyridine rings is 2. The van der Waals surface area contributed by atoms with Crippen molar-refractivity contribution in [2.75, 3.05) is 12.8 Å². The largest absolute Gasteiger partial charge is 0.464 e. The Morgan fingerprint density at radius 1 is 1.45 bits per heavy atom. The Morgan fingerprint density at radius 2 is 2.15 bits per heavy atom. The quantitative estimate of drug-likeness (QED) is 0.862. The van der Waals surface area contributed by atoms with Crippen LogP contribution in [0.2, 0.25) is 5.02 Å². The first-order chi connectivity index (χ1) is 9.43. The van der Waals surface area contributed by atoms with Crippen LogP contribution in [0, 0.1) is 12.7 Å². The summed E-state index contributed by atoms with van der Waals surface area (Å²) in [4.78, 5) is 19.5. The number of aryl methyl sites for hydroxylation is 1. The summed E-state index contributed by atoms with van der Waals surface area (Å²) in [6.07, 6.45) is 1.49. The molecule has 0 saturated carbocycles. The Balaban J connectivity index is 2.63. The van der Waals surface area contributed by atoms with Gasteiger partial charge >= 0.3 is 5.97 Å². The number of aromatic nitrogens is 2. The number of carbonyl (C=O) groups excluding carboxylic acids is 1. The molecule has 0 aliphatic rings. The van der Waals surface area contributed by atoms with Crippen LogP contribution in [0.25, 0.3) is 11.4 Å². The maximum atomic E-state index is 13.9. The summed E-state index contributed by atoms with van der Waals surface area (Å²) in [5, 5.41) is -0.0341. The lowest BCUT2D eigenvalue weighted by molar-refractivity contribution is 0.0594. The van der Waals surface area contributed by atoms with E-state index in [0.717, 1.165) is 0 Å². The van der Waals surface area contributed by atoms with Crippen LogP contribution in [-0.4, -0.2) is 23.0 Å². The van der Waals surface area contributed by atoms with E-state index >= 15 is 0 Å². The molecule has 0 amide bonds. The van der Waals surface area contributed by atoms with Gasteiger partial charge in [0, 0.05) is 6.20 Å². The third kappa shape index (κ3) is 2.55. The minimum absolute atomic E-state index is 0.0101. The zero-order valence-corrected chi connectivity index (χ0v) is 11.5. The third-order valence-corrected chi connectivity index (χ3v) is 2.98. The predicted octanol–water partition coefficient (Wildman–Crippen LogP) is 2.61. The highest BCUT2D eigenvalue weighted by molar-refractivity contribution is 6.35. The molecule has 2 rings (SSSR count). The highest BCUT2D eigenvalue weighted by atomic mass is 35.5. The summed E-state index contributed by atoms with van der Waals surface area (Å²) < 4.78 is 18.4. The third-order valence-electron chi connectivity index (χ3n) is 2.59. The molecule has 7 heteroatoms. The van der Waals surface area contributed by atoms with Crippen LogP contribution in [0.5, 0.6) is 0 Å². The first-order valence-electron chi connectivity index (χ1n) is 5.61. The van der Waals surface area contributed by atoms with Crippen LogP contribution >= 0.6 is 11.6 Å². The van der Waals surface area contributed by atoms with Gasteiger partial charge in [-0.25, -0.2) is 14.2 Å². The van der Waals surface area contributed by atoms with E-state index in [0.29, 0.717) is 5.56 Å². The van der Waals surface area contributed by atoms with Crippen molar-refractivity contribution >= 4 is 23.3 Å². The number of esters is 1. The second-order valence-electron chi connectivity index (χ2n) is 4.09. The number of anilines is 1. The first-order valence-corrected chi connectivity index (χ1v) is 5.98. The lowest BCUT2D eigenvalue weighted by Crippen LogP contribution is -2.08. The van der Waals surface area contributed by atoms with Gasteiger partial charge < -0.3 is 10.5 Å². The fourth-order valence-corrected chi connectivity index (χ4v) is 1.80. The molecule has 0 aliphatic carbocycles. The summed E-state index contributed by atoms with van der Waals surface area (Å²) in [5.41, 5.74) is 6.40. The van der Waals surface area contributed by atoms with Crippen molar-refractivity contribution in [2.45, 2.75) is 6.92 Å². The molecule has 5 nitrogen and oxygen atoms in total. The van der Waals surface area contributed by atoms with Gasteiger partial charge in [0.1, 0.15) is 5.69 Å². The van der Waals surface area contributed by atoms with Crippen molar-refractivity contribution in [1.82, 2.24) is 9.97 Å². The van der Waals surface area contributed by atoms with E-state index in [1.54, 1.807) is 6.92 Å². The number of hydrogen-bond donors (Lipinski definition) is 1. The van der Waals surface area contributed by atoms with Crippen molar-refractivity contribution in [2.24, 2.45) is 0 Å². The number of carbonyl (C=O) groups is 1. The van der Waals surface area contributed by atoms with Crippen LogP contribution in [0.3, 0.4) is 0 Å². The average Bonchev–Trinajstić information content (AvgIpc) is 2.41. The summed E-state index contributed by atoms with van der Waals surface area (Å²) in [6.45, 7) is 1.71. The molecule has 0 unspecified atom stereocenters. The lowest BCUT2D eigenvalue weighted by Gasteiger charge is -2.08. The zero-order valence-electron chi connectivity index (χ0n) is 10.8. The molecule has 0 aromatic carbocycles. The number of nitrogens with two attached hydrogens (primary N) is 1. The number of hydrogen-bond acceptors (Lipinski definition) is 5. The molecule has 0 fully saturated rings. The number of halogens is 2. The van der Waals surface area contributed by atoms with Gasteiger partial charge in [0.05, 0.1) is 23.5 Å². The fraction of sp³-hybridized carbons (Fsp3) is 0.154. The molecule has 2 N–H and O–H groups in total. The fourth-order valence-electron chi connectivity index (χ4n) is 1.62. The molecule has 0 radical (unpaired) electrons. The second-order valence-corrected chi connectivity index (χ2v) is 4.47. The predicted molar refractivity (Wildman–Crippen MR) is 72.9 cm³/mol. The van der Waals surface area contributed by atoms with Crippen LogP contribution < -0.4 is 5.73 Å². The molecule has 0 saturated heterocycles. The number of nitrogens with zero attached hydrogens (tertiary/aromatic N) is 2. The topological polar surface area (TPSA) is 78.1 Å². The van der Waals surface area contributed by atoms with E-state index in [2.05, 4.69) is 14.7 Å². The highest BCUT2D eigenvalue weighted by Gasteiger charge is 2.19. The Kier molecular flexibility index (Phi) is 3.85. The molecular weight excluding hydrogens is 285 g/mol. The minimum atomic E-state index is -0.754. The highest BCUT2D eigenvalue weighted by Crippen LogP contribution is 2.28. The molecule has 0 spiro atoms. The van der Waals surface area contributed by atoms with Gasteiger partial charge in [-0.2, -0.15) is 0 Å². The standard InChI is InChI=1S/C13H11ClFN3O2/c1-6-3-7(15)11(17-5-6)9-4-8(16)10(14)12(18-9)13(19)20-2/h3-5H,1-2H3,(H2,16,18). The Labute approximate surface area is 119 Å². The van der Waals surface area contributed by atoms with Crippen LogP contribution in [0.4, 0.5) is 10.1 Å². The number of methoxy groups -OCH3 is 1. The minimum Gasteiger partial charge on any atom is -0.464 e. The van der Waals surface area contributed by atoms with Crippen LogP contribution in [0.15, 0.2) is 18.3 Å². The van der Waals surface area contributed by atoms with Gasteiger partial charge in [0.25, 0.3) is 0 Å². The van der Waals surface area contributed by atoms with E-state index in [1.165, 1.54) is 25.4 Å². The SMILES string of the molecule is COC(=O)c1nc(-c2ncc(C)cc2F)cc(N)c1Cl. The number of nitrogen functional groups attached to an aromatic ring is 1. The van der Waals surface area contributed by atoms with Crippen LogP contribution in [0.1, 0.15) is 16.1 Å². The molecule has 104 valence electrons. The summed E-state index contributed by atoms with van der Waals surface area (Å²) >= 11 is 5.89. The van der Waals surface area contributed by atoms with E-state index in [4.69, 9.17) is 17.3 Å². The van der Waals surface area contributed by atoms with Crippen molar-refractivity contribution in [3.05, 3.63) is 40.4 Å². The molecule has 0 bridgehead atoms. The van der Waals surface area contributed by atoms with Crippen LogP contribution in [-0.2, 0) is 4.74 Å². The van der Waals surface area contributed by atoms with Gasteiger partial charge in [-0.1, -0.05) is 11.6 Å². The summed E-state index contributed by atoms with van der Waals surface area (Å²) in [5.74, 6) is -1.31. The smallest absolute Gasteiger partial charge is 0.358 e. The Bertz CT molecular complexity index is 692. The number of ether oxygens (including phenoxy) is 1. The van der Waals surface area contributed by atoms with Gasteiger partial charge in [0.2, 0.25) is 0 Å². The van der Waals surface area contributed by atoms with Gasteiger partial charge in [-0.05, 0) is 24.6 Å². The monoisotopic (exact) mass is 295 g/mol. The molecular formula is C13H11ClFN3O2. The summed E-state index contributed by atoms with van der Waals surface area (Å²) in [7, 11) is 1.19. The Morgan fingerprint density at radius 3 is 2.75 bits per heavy atom. The molecule has 2 aromatic rings. The average molecular weight is 296 g/mol. The maximum absolute atomic E-state index is 13.9. The molecule has 0 atom stereocenters. The molecule has 2 aromatic heterocycles. The van der Waals surface area contributed by atoms with E-state index in [9.17, 15) is 9.18 Å². The normalized spacial score (nSPS) is 10.4. The maximum Gasteiger partial charge on any atom is 0.358 e. The van der Waals surface area contributed by atoms with Crippen molar-refractivity contribution < 1.29 is 13.9 Å². The van der Waals surface area contributed by atoms with Crippen molar-refractivity contribution in [3.63, 3.8) is 0 Å². The molecule has 20 heavy (non-hydrogen) atoms. The van der Waals surface area contributed by atoms with Gasteiger partial charge in [-0.3, -0.25) is 4.98 Å². The van der Waals surface area contributed by atoms with E-state index < -0.39 is 11.8 Å². The lowest BCUT2D eigenvalue weighted by atomic mass is 10.2. The molecule has 2 heterocycles. The van der Waals surface area contributed by atoms with Crippen molar-refractivity contribution in [3.8, 4) is 11.4 Å². The second kappa shape index (κ2) is 5.42.